The van der Waals surface area contributed by atoms with Crippen molar-refractivity contribution in [1.29, 1.82) is 0 Å². The number of halogens is 1. The van der Waals surface area contributed by atoms with Crippen LogP contribution in [0.1, 0.15) is 64.0 Å². The van der Waals surface area contributed by atoms with Crippen LogP contribution in [-0.4, -0.2) is 6.04 Å². The Morgan fingerprint density at radius 1 is 1.16 bits per heavy atom. The average Bonchev–Trinajstić information content (AvgIpc) is 2.46. The van der Waals surface area contributed by atoms with Crippen LogP contribution in [0.25, 0.3) is 0 Å². The molecule has 0 saturated heterocycles. The van der Waals surface area contributed by atoms with Gasteiger partial charge >= 0.3 is 0 Å². The van der Waals surface area contributed by atoms with Gasteiger partial charge in [-0.1, -0.05) is 54.2 Å². The molecule has 0 aliphatic heterocycles. The normalized spacial score (nSPS) is 20.2. The lowest BCUT2D eigenvalue weighted by Gasteiger charge is -2.31. The van der Waals surface area contributed by atoms with E-state index in [9.17, 15) is 0 Å². The molecule has 0 bridgehead atoms. The minimum absolute atomic E-state index is 0.491. The first-order valence-electron chi connectivity index (χ1n) is 7.72. The first-order chi connectivity index (χ1) is 9.20. The molecule has 1 saturated carbocycles. The van der Waals surface area contributed by atoms with Crippen LogP contribution in [0.5, 0.6) is 0 Å². The zero-order chi connectivity index (χ0) is 13.7. The number of hydrogen-bond donors (Lipinski definition) is 1. The van der Waals surface area contributed by atoms with Crippen molar-refractivity contribution in [3.05, 3.63) is 34.3 Å². The van der Waals surface area contributed by atoms with Gasteiger partial charge in [-0.25, -0.2) is 0 Å². The summed E-state index contributed by atoms with van der Waals surface area (Å²) in [6.07, 6.45) is 8.25. The topological polar surface area (TPSA) is 12.0 Å². The smallest absolute Gasteiger partial charge is 0.0320 e. The first kappa shape index (κ1) is 15.1. The summed E-state index contributed by atoms with van der Waals surface area (Å²) < 4.78 is 1.16. The lowest BCUT2D eigenvalue weighted by Crippen LogP contribution is -2.37. The highest BCUT2D eigenvalue weighted by atomic mass is 79.9. The number of hydrogen-bond acceptors (Lipinski definition) is 1. The molecule has 0 spiro atoms. The van der Waals surface area contributed by atoms with Gasteiger partial charge in [0.2, 0.25) is 0 Å². The maximum Gasteiger partial charge on any atom is 0.0320 e. The minimum atomic E-state index is 0.491. The van der Waals surface area contributed by atoms with E-state index in [4.69, 9.17) is 0 Å². The van der Waals surface area contributed by atoms with Crippen molar-refractivity contribution in [2.75, 3.05) is 0 Å². The van der Waals surface area contributed by atoms with E-state index in [-0.39, 0.29) is 0 Å². The third kappa shape index (κ3) is 4.32. The van der Waals surface area contributed by atoms with Crippen LogP contribution in [0.15, 0.2) is 28.7 Å². The summed E-state index contributed by atoms with van der Waals surface area (Å²) in [6.45, 7) is 4.64. The van der Waals surface area contributed by atoms with E-state index in [1.807, 2.05) is 0 Å². The van der Waals surface area contributed by atoms with Crippen molar-refractivity contribution in [1.82, 2.24) is 5.32 Å². The molecule has 1 aromatic carbocycles. The van der Waals surface area contributed by atoms with Gasteiger partial charge in [0.15, 0.2) is 0 Å². The molecular formula is C17H26BrN. The van der Waals surface area contributed by atoms with E-state index >= 15 is 0 Å². The summed E-state index contributed by atoms with van der Waals surface area (Å²) in [4.78, 5) is 0. The van der Waals surface area contributed by atoms with Gasteiger partial charge in [0.1, 0.15) is 0 Å². The molecule has 106 valence electrons. The molecule has 2 atom stereocenters. The van der Waals surface area contributed by atoms with E-state index in [1.165, 1.54) is 37.7 Å². The van der Waals surface area contributed by atoms with Gasteiger partial charge in [0.25, 0.3) is 0 Å². The average molecular weight is 324 g/mol. The highest BCUT2D eigenvalue weighted by molar-refractivity contribution is 9.10. The van der Waals surface area contributed by atoms with E-state index in [2.05, 4.69) is 59.4 Å². The lowest BCUT2D eigenvalue weighted by molar-refractivity contribution is 0.262. The minimum Gasteiger partial charge on any atom is -0.307 e. The molecule has 2 rings (SSSR count). The molecule has 0 heterocycles. The SMILES string of the molecule is CCC(NC(C)C1CCCCC1)c1ccc(Br)cc1. The van der Waals surface area contributed by atoms with Gasteiger partial charge in [0, 0.05) is 16.6 Å². The Labute approximate surface area is 126 Å². The van der Waals surface area contributed by atoms with E-state index in [0.717, 1.165) is 16.8 Å². The Morgan fingerprint density at radius 2 is 1.79 bits per heavy atom. The second kappa shape index (κ2) is 7.44. The second-order valence-electron chi connectivity index (χ2n) is 5.87. The Balaban J connectivity index is 1.96. The molecule has 1 aromatic rings. The summed E-state index contributed by atoms with van der Waals surface area (Å²) in [5, 5.41) is 3.86. The van der Waals surface area contributed by atoms with Gasteiger partial charge in [-0.3, -0.25) is 0 Å². The standard InChI is InChI=1S/C17H26BrN/c1-3-17(15-9-11-16(18)12-10-15)19-13(2)14-7-5-4-6-8-14/h9-14,17,19H,3-8H2,1-2H3. The fourth-order valence-corrected chi connectivity index (χ4v) is 3.50. The van der Waals surface area contributed by atoms with Crippen LogP contribution < -0.4 is 5.32 Å². The van der Waals surface area contributed by atoms with E-state index < -0.39 is 0 Å². The molecule has 2 unspecified atom stereocenters. The van der Waals surface area contributed by atoms with Gasteiger partial charge in [-0.2, -0.15) is 0 Å². The zero-order valence-corrected chi connectivity index (χ0v) is 13.7. The highest BCUT2D eigenvalue weighted by Crippen LogP contribution is 2.28. The molecule has 1 fully saturated rings. The third-order valence-corrected chi connectivity index (χ3v) is 5.03. The molecule has 0 aromatic heterocycles. The van der Waals surface area contributed by atoms with Crippen molar-refractivity contribution in [2.24, 2.45) is 5.92 Å². The Morgan fingerprint density at radius 3 is 2.37 bits per heavy atom. The zero-order valence-electron chi connectivity index (χ0n) is 12.2. The van der Waals surface area contributed by atoms with Crippen LogP contribution in [0.4, 0.5) is 0 Å². The van der Waals surface area contributed by atoms with Crippen LogP contribution in [0.2, 0.25) is 0 Å². The van der Waals surface area contributed by atoms with Crippen LogP contribution >= 0.6 is 15.9 Å². The third-order valence-electron chi connectivity index (χ3n) is 4.50. The van der Waals surface area contributed by atoms with E-state index in [1.54, 1.807) is 0 Å². The van der Waals surface area contributed by atoms with Gasteiger partial charge < -0.3 is 5.32 Å². The Bertz CT molecular complexity index is 367. The highest BCUT2D eigenvalue weighted by Gasteiger charge is 2.22. The van der Waals surface area contributed by atoms with Gasteiger partial charge in [-0.05, 0) is 49.8 Å². The fourth-order valence-electron chi connectivity index (χ4n) is 3.23. The van der Waals surface area contributed by atoms with Crippen LogP contribution in [0, 0.1) is 5.92 Å². The Kier molecular flexibility index (Phi) is 5.90. The fraction of sp³-hybridized carbons (Fsp3) is 0.647. The molecule has 0 radical (unpaired) electrons. The number of benzene rings is 1. The maximum atomic E-state index is 3.86. The summed E-state index contributed by atoms with van der Waals surface area (Å²) in [5.74, 6) is 0.873. The molecule has 1 aliphatic rings. The lowest BCUT2D eigenvalue weighted by atomic mass is 9.84. The summed E-state index contributed by atoms with van der Waals surface area (Å²) >= 11 is 3.51. The molecule has 2 heteroatoms. The maximum absolute atomic E-state index is 3.86. The molecule has 1 aliphatic carbocycles. The molecule has 0 amide bonds. The summed E-state index contributed by atoms with van der Waals surface area (Å²) in [7, 11) is 0. The summed E-state index contributed by atoms with van der Waals surface area (Å²) in [6, 6.07) is 9.88. The second-order valence-corrected chi connectivity index (χ2v) is 6.78. The van der Waals surface area contributed by atoms with Crippen molar-refractivity contribution in [3.8, 4) is 0 Å². The van der Waals surface area contributed by atoms with Gasteiger partial charge in [-0.15, -0.1) is 0 Å². The van der Waals surface area contributed by atoms with Crippen LogP contribution in [0.3, 0.4) is 0 Å². The predicted octanol–water partition coefficient (Wildman–Crippen LogP) is 5.46. The van der Waals surface area contributed by atoms with Crippen molar-refractivity contribution in [3.63, 3.8) is 0 Å². The number of nitrogens with one attached hydrogen (secondary N) is 1. The monoisotopic (exact) mass is 323 g/mol. The van der Waals surface area contributed by atoms with Crippen molar-refractivity contribution < 1.29 is 0 Å². The first-order valence-corrected chi connectivity index (χ1v) is 8.51. The molecule has 1 nitrogen and oxygen atoms in total. The molecule has 1 N–H and O–H groups in total. The van der Waals surface area contributed by atoms with E-state index in [0.29, 0.717) is 12.1 Å². The van der Waals surface area contributed by atoms with Gasteiger partial charge in [0.05, 0.1) is 0 Å². The molecular weight excluding hydrogens is 298 g/mol. The molecule has 19 heavy (non-hydrogen) atoms. The van der Waals surface area contributed by atoms with Crippen LogP contribution in [-0.2, 0) is 0 Å². The summed E-state index contributed by atoms with van der Waals surface area (Å²) in [5.41, 5.74) is 1.41. The Hall–Kier alpha value is -0.340. The van der Waals surface area contributed by atoms with Crippen molar-refractivity contribution >= 4 is 15.9 Å². The van der Waals surface area contributed by atoms with Crippen molar-refractivity contribution in [2.45, 2.75) is 64.5 Å². The quantitative estimate of drug-likeness (QED) is 0.758. The number of rotatable bonds is 5. The largest absolute Gasteiger partial charge is 0.307 e. The predicted molar refractivity (Wildman–Crippen MR) is 86.3 cm³/mol.